The molecule has 176 valence electrons. The maximum absolute atomic E-state index is 13.1. The number of carbonyl (C=O) groups is 2. The molecule has 2 aromatic carbocycles. The Kier molecular flexibility index (Phi) is 5.78. The largest absolute Gasteiger partial charge is 0.508 e. The SMILES string of the molecule is Cc1ccc2cccc(OC(=O)c3oc4c(c3C)/C(=N/NC(=O)c3ccc(O)cc3)CCC4)c2n1. The van der Waals surface area contributed by atoms with E-state index < -0.39 is 11.9 Å². The smallest absolute Gasteiger partial charge is 0.380 e. The number of pyridine rings is 1. The first-order valence-electron chi connectivity index (χ1n) is 11.3. The molecule has 0 saturated heterocycles. The van der Waals surface area contributed by atoms with Crippen molar-refractivity contribution in [3.63, 3.8) is 0 Å². The number of hydrogen-bond donors (Lipinski definition) is 2. The number of rotatable bonds is 4. The summed E-state index contributed by atoms with van der Waals surface area (Å²) in [6.07, 6.45) is 2.06. The van der Waals surface area contributed by atoms with Gasteiger partial charge in [-0.25, -0.2) is 15.2 Å². The number of benzene rings is 2. The van der Waals surface area contributed by atoms with Gasteiger partial charge in [0.1, 0.15) is 17.0 Å². The minimum atomic E-state index is -0.611. The number of carbonyl (C=O) groups excluding carboxylic acids is 2. The fourth-order valence-corrected chi connectivity index (χ4v) is 4.22. The number of esters is 1. The number of hydrogen-bond acceptors (Lipinski definition) is 7. The highest BCUT2D eigenvalue weighted by Crippen LogP contribution is 2.31. The van der Waals surface area contributed by atoms with Gasteiger partial charge in [-0.05, 0) is 63.1 Å². The molecule has 0 fully saturated rings. The number of hydrazone groups is 1. The first-order chi connectivity index (χ1) is 16.9. The van der Waals surface area contributed by atoms with Crippen LogP contribution in [0.4, 0.5) is 0 Å². The van der Waals surface area contributed by atoms with Gasteiger partial charge in [0.05, 0.1) is 5.71 Å². The maximum atomic E-state index is 13.1. The number of para-hydroxylation sites is 1. The summed E-state index contributed by atoms with van der Waals surface area (Å²) < 4.78 is 11.6. The highest BCUT2D eigenvalue weighted by atomic mass is 16.5. The zero-order valence-electron chi connectivity index (χ0n) is 19.3. The molecule has 0 radical (unpaired) electrons. The monoisotopic (exact) mass is 469 g/mol. The summed E-state index contributed by atoms with van der Waals surface area (Å²) in [5.41, 5.74) is 6.34. The highest BCUT2D eigenvalue weighted by Gasteiger charge is 2.29. The molecule has 0 saturated carbocycles. The van der Waals surface area contributed by atoms with Gasteiger partial charge in [-0.1, -0.05) is 18.2 Å². The zero-order chi connectivity index (χ0) is 24.5. The van der Waals surface area contributed by atoms with Crippen LogP contribution in [0.15, 0.2) is 64.1 Å². The van der Waals surface area contributed by atoms with Crippen molar-refractivity contribution >= 4 is 28.5 Å². The van der Waals surface area contributed by atoms with Crippen molar-refractivity contribution < 1.29 is 23.8 Å². The predicted molar refractivity (Wildman–Crippen MR) is 130 cm³/mol. The molecule has 35 heavy (non-hydrogen) atoms. The van der Waals surface area contributed by atoms with Crippen LogP contribution >= 0.6 is 0 Å². The molecule has 8 nitrogen and oxygen atoms in total. The van der Waals surface area contributed by atoms with Gasteiger partial charge < -0.3 is 14.3 Å². The van der Waals surface area contributed by atoms with E-state index in [0.29, 0.717) is 46.7 Å². The van der Waals surface area contributed by atoms with Crippen molar-refractivity contribution in [2.45, 2.75) is 33.1 Å². The average Bonchev–Trinajstić information content (AvgIpc) is 3.20. The Labute approximate surface area is 201 Å². The van der Waals surface area contributed by atoms with E-state index in [4.69, 9.17) is 9.15 Å². The molecular weight excluding hydrogens is 446 g/mol. The van der Waals surface area contributed by atoms with E-state index in [-0.39, 0.29) is 11.5 Å². The van der Waals surface area contributed by atoms with Crippen LogP contribution in [0.3, 0.4) is 0 Å². The summed E-state index contributed by atoms with van der Waals surface area (Å²) >= 11 is 0. The van der Waals surface area contributed by atoms with Gasteiger partial charge in [-0.15, -0.1) is 0 Å². The van der Waals surface area contributed by atoms with Gasteiger partial charge in [-0.2, -0.15) is 5.10 Å². The second kappa shape index (κ2) is 9.06. The van der Waals surface area contributed by atoms with Crippen molar-refractivity contribution in [1.82, 2.24) is 10.4 Å². The van der Waals surface area contributed by atoms with Gasteiger partial charge >= 0.3 is 5.97 Å². The number of ether oxygens (including phenoxy) is 1. The molecule has 1 amide bonds. The van der Waals surface area contributed by atoms with Crippen LogP contribution < -0.4 is 10.2 Å². The number of amides is 1. The Hall–Kier alpha value is -4.46. The third-order valence-corrected chi connectivity index (χ3v) is 5.96. The molecule has 4 aromatic rings. The van der Waals surface area contributed by atoms with Gasteiger partial charge in [0.25, 0.3) is 5.91 Å². The molecule has 2 aromatic heterocycles. The van der Waals surface area contributed by atoms with E-state index >= 15 is 0 Å². The fraction of sp³-hybridized carbons (Fsp3) is 0.185. The molecule has 0 unspecified atom stereocenters. The van der Waals surface area contributed by atoms with Crippen molar-refractivity contribution in [3.8, 4) is 11.5 Å². The standard InChI is InChI=1S/C27H23N3O5/c1-15-9-10-17-5-3-8-22(24(17)28-15)35-27(33)25-16(2)23-20(6-4-7-21(23)34-25)29-30-26(32)18-11-13-19(31)14-12-18/h3,5,8-14,31H,4,6-7H2,1-2H3,(H,30,32)/b29-20+. The lowest BCUT2D eigenvalue weighted by Gasteiger charge is -2.13. The number of furan rings is 1. The Morgan fingerprint density at radius 2 is 1.86 bits per heavy atom. The van der Waals surface area contributed by atoms with E-state index in [1.807, 2.05) is 31.2 Å². The first kappa shape index (κ1) is 22.3. The number of nitrogens with one attached hydrogen (secondary N) is 1. The van der Waals surface area contributed by atoms with Crippen LogP contribution in [0, 0.1) is 13.8 Å². The highest BCUT2D eigenvalue weighted by molar-refractivity contribution is 6.07. The number of aromatic hydroxyl groups is 1. The predicted octanol–water partition coefficient (Wildman–Crippen LogP) is 4.84. The fourth-order valence-electron chi connectivity index (χ4n) is 4.22. The van der Waals surface area contributed by atoms with Crippen LogP contribution in [0.25, 0.3) is 10.9 Å². The van der Waals surface area contributed by atoms with E-state index in [2.05, 4.69) is 15.5 Å². The minimum Gasteiger partial charge on any atom is -0.508 e. The molecule has 0 spiro atoms. The summed E-state index contributed by atoms with van der Waals surface area (Å²) in [6, 6.07) is 15.2. The Balaban J connectivity index is 1.41. The lowest BCUT2D eigenvalue weighted by molar-refractivity contribution is 0.0700. The molecule has 5 rings (SSSR count). The Bertz CT molecular complexity index is 1480. The number of fused-ring (bicyclic) bond motifs is 2. The molecular formula is C27H23N3O5. The lowest BCUT2D eigenvalue weighted by atomic mass is 9.93. The van der Waals surface area contributed by atoms with Crippen LogP contribution in [0.1, 0.15) is 56.3 Å². The minimum absolute atomic E-state index is 0.0765. The topological polar surface area (TPSA) is 114 Å². The Morgan fingerprint density at radius 1 is 1.06 bits per heavy atom. The van der Waals surface area contributed by atoms with E-state index in [1.54, 1.807) is 13.0 Å². The number of nitrogens with zero attached hydrogens (tertiary/aromatic N) is 2. The van der Waals surface area contributed by atoms with E-state index in [0.717, 1.165) is 23.1 Å². The van der Waals surface area contributed by atoms with Crippen LogP contribution in [0.5, 0.6) is 11.5 Å². The van der Waals surface area contributed by atoms with Gasteiger partial charge in [0, 0.05) is 34.2 Å². The molecule has 0 atom stereocenters. The summed E-state index contributed by atoms with van der Waals surface area (Å²) in [6.45, 7) is 3.66. The quantitative estimate of drug-likeness (QED) is 0.251. The summed E-state index contributed by atoms with van der Waals surface area (Å²) in [7, 11) is 0. The third kappa shape index (κ3) is 4.38. The van der Waals surface area contributed by atoms with Gasteiger partial charge in [0.15, 0.2) is 5.75 Å². The second-order valence-corrected chi connectivity index (χ2v) is 8.42. The lowest BCUT2D eigenvalue weighted by Crippen LogP contribution is -2.22. The molecule has 2 heterocycles. The molecule has 0 bridgehead atoms. The van der Waals surface area contributed by atoms with Crippen molar-refractivity contribution in [3.05, 3.63) is 88.5 Å². The van der Waals surface area contributed by atoms with Crippen LogP contribution in [-0.4, -0.2) is 27.7 Å². The van der Waals surface area contributed by atoms with E-state index in [1.165, 1.54) is 24.3 Å². The van der Waals surface area contributed by atoms with Gasteiger partial charge in [-0.3, -0.25) is 4.79 Å². The number of aromatic nitrogens is 1. The number of phenolic OH excluding ortho intramolecular Hbond substituents is 1. The zero-order valence-corrected chi connectivity index (χ0v) is 19.3. The van der Waals surface area contributed by atoms with Crippen molar-refractivity contribution in [2.75, 3.05) is 0 Å². The normalized spacial score (nSPS) is 14.1. The first-order valence-corrected chi connectivity index (χ1v) is 11.3. The second-order valence-electron chi connectivity index (χ2n) is 8.42. The third-order valence-electron chi connectivity index (χ3n) is 5.96. The number of aryl methyl sites for hydroxylation is 2. The van der Waals surface area contributed by atoms with Gasteiger partial charge in [0.2, 0.25) is 5.76 Å². The summed E-state index contributed by atoms with van der Waals surface area (Å²) in [5.74, 6) is 0.182. The molecule has 0 aliphatic heterocycles. The average molecular weight is 469 g/mol. The van der Waals surface area contributed by atoms with Crippen molar-refractivity contribution in [2.24, 2.45) is 5.10 Å². The maximum Gasteiger partial charge on any atom is 0.380 e. The van der Waals surface area contributed by atoms with E-state index in [9.17, 15) is 14.7 Å². The van der Waals surface area contributed by atoms with Crippen LogP contribution in [-0.2, 0) is 6.42 Å². The number of phenols is 1. The summed E-state index contributed by atoms with van der Waals surface area (Å²) in [5, 5.41) is 14.6. The Morgan fingerprint density at radius 3 is 2.66 bits per heavy atom. The molecule has 2 N–H and O–H groups in total. The van der Waals surface area contributed by atoms with Crippen LogP contribution in [0.2, 0.25) is 0 Å². The molecule has 8 heteroatoms. The summed E-state index contributed by atoms with van der Waals surface area (Å²) in [4.78, 5) is 30.0. The van der Waals surface area contributed by atoms with Crippen molar-refractivity contribution in [1.29, 1.82) is 0 Å². The molecule has 1 aliphatic carbocycles. The molecule has 1 aliphatic rings.